The van der Waals surface area contributed by atoms with Crippen molar-refractivity contribution in [1.82, 2.24) is 0 Å². The summed E-state index contributed by atoms with van der Waals surface area (Å²) in [5.74, 6) is -0.446. The van der Waals surface area contributed by atoms with Crippen LogP contribution in [0.2, 0.25) is 0 Å². The van der Waals surface area contributed by atoms with Crippen LogP contribution in [0.3, 0.4) is 0 Å². The fraction of sp³-hybridized carbons (Fsp3) is 0.324. The molecule has 0 amide bonds. The van der Waals surface area contributed by atoms with Gasteiger partial charge in [-0.25, -0.2) is 0 Å². The van der Waals surface area contributed by atoms with E-state index >= 15 is 0 Å². The summed E-state index contributed by atoms with van der Waals surface area (Å²) < 4.78 is 17.2. The molecule has 7 nitrogen and oxygen atoms in total. The minimum Gasteiger partial charge on any atom is -0.493 e. The van der Waals surface area contributed by atoms with E-state index in [1.807, 2.05) is 62.1 Å². The highest BCUT2D eigenvalue weighted by Crippen LogP contribution is 2.63. The van der Waals surface area contributed by atoms with Crippen molar-refractivity contribution in [3.8, 4) is 17.2 Å². The van der Waals surface area contributed by atoms with Crippen molar-refractivity contribution >= 4 is 29.1 Å². The summed E-state index contributed by atoms with van der Waals surface area (Å²) in [7, 11) is 4.55. The molecule has 3 aromatic rings. The molecule has 41 heavy (non-hydrogen) atoms. The number of ether oxygens (including phenoxy) is 3. The summed E-state index contributed by atoms with van der Waals surface area (Å²) in [5, 5.41) is 0. The van der Waals surface area contributed by atoms with Crippen molar-refractivity contribution in [3.05, 3.63) is 89.0 Å². The summed E-state index contributed by atoms with van der Waals surface area (Å²) in [6, 6.07) is 16.7. The summed E-state index contributed by atoms with van der Waals surface area (Å²) >= 11 is 0. The summed E-state index contributed by atoms with van der Waals surface area (Å²) in [6.45, 7) is 5.62. The Kier molecular flexibility index (Phi) is 6.10. The Morgan fingerprint density at radius 3 is 2.00 bits per heavy atom. The van der Waals surface area contributed by atoms with Crippen molar-refractivity contribution in [1.29, 1.82) is 0 Å². The van der Waals surface area contributed by atoms with Crippen molar-refractivity contribution in [2.24, 2.45) is 10.8 Å². The van der Waals surface area contributed by atoms with Gasteiger partial charge in [-0.3, -0.25) is 14.4 Å². The predicted octanol–water partition coefficient (Wildman–Crippen LogP) is 5.76. The minimum absolute atomic E-state index is 0.0807. The van der Waals surface area contributed by atoms with Crippen LogP contribution in [0.1, 0.15) is 58.5 Å². The van der Waals surface area contributed by atoms with Gasteiger partial charge in [0.15, 0.2) is 28.8 Å². The van der Waals surface area contributed by atoms with Gasteiger partial charge in [0.25, 0.3) is 0 Å². The zero-order valence-electron chi connectivity index (χ0n) is 24.1. The number of hydrogen-bond donors (Lipinski definition) is 0. The van der Waals surface area contributed by atoms with Crippen molar-refractivity contribution in [2.75, 3.05) is 26.2 Å². The second-order valence-electron chi connectivity index (χ2n) is 11.8. The maximum absolute atomic E-state index is 14.8. The van der Waals surface area contributed by atoms with Crippen LogP contribution >= 0.6 is 0 Å². The molecule has 210 valence electrons. The Bertz CT molecular complexity index is 1600. The van der Waals surface area contributed by atoms with Gasteiger partial charge in [0.1, 0.15) is 5.41 Å². The van der Waals surface area contributed by atoms with Crippen LogP contribution in [0.4, 0.5) is 5.69 Å². The number of fused-ring (bicyclic) bond motifs is 5. The highest BCUT2D eigenvalue weighted by molar-refractivity contribution is 6.32. The third-order valence-corrected chi connectivity index (χ3v) is 8.79. The van der Waals surface area contributed by atoms with Gasteiger partial charge in [-0.05, 0) is 17.7 Å². The zero-order chi connectivity index (χ0) is 29.3. The molecule has 0 N–H and O–H groups in total. The molecule has 0 saturated carbocycles. The van der Waals surface area contributed by atoms with Crippen molar-refractivity contribution < 1.29 is 28.6 Å². The first-order chi connectivity index (χ1) is 19.6. The van der Waals surface area contributed by atoms with Gasteiger partial charge >= 0.3 is 0 Å². The third-order valence-electron chi connectivity index (χ3n) is 8.79. The number of Topliss-reactive ketones (excluding diaryl/α,β-unsaturated/α-hetero) is 3. The molecule has 0 aromatic heterocycles. The molecule has 7 heteroatoms. The van der Waals surface area contributed by atoms with Gasteiger partial charge in [-0.1, -0.05) is 81.5 Å². The number of nitrogens with zero attached hydrogens (tertiary/aromatic N) is 1. The number of para-hydroxylation sites is 1. The van der Waals surface area contributed by atoms with Gasteiger partial charge < -0.3 is 19.1 Å². The number of rotatable bonds is 5. The highest BCUT2D eigenvalue weighted by Gasteiger charge is 2.72. The Balaban J connectivity index is 1.74. The van der Waals surface area contributed by atoms with Crippen LogP contribution in [0.15, 0.2) is 66.7 Å². The van der Waals surface area contributed by atoms with Crippen LogP contribution < -0.4 is 19.1 Å². The van der Waals surface area contributed by atoms with Crippen LogP contribution in [-0.2, 0) is 4.79 Å². The van der Waals surface area contributed by atoms with E-state index in [1.54, 1.807) is 36.4 Å². The molecule has 0 radical (unpaired) electrons. The number of hydrogen-bond acceptors (Lipinski definition) is 7. The van der Waals surface area contributed by atoms with Gasteiger partial charge in [-0.15, -0.1) is 0 Å². The van der Waals surface area contributed by atoms with Crippen LogP contribution in [0.25, 0.3) is 6.08 Å². The maximum atomic E-state index is 14.8. The molecule has 0 bridgehead atoms. The second kappa shape index (κ2) is 9.33. The quantitative estimate of drug-likeness (QED) is 0.373. The molecule has 1 spiro atoms. The highest BCUT2D eigenvalue weighted by atomic mass is 16.5. The fourth-order valence-electron chi connectivity index (χ4n) is 7.07. The third kappa shape index (κ3) is 3.47. The summed E-state index contributed by atoms with van der Waals surface area (Å²) in [5.41, 5.74) is 0.614. The lowest BCUT2D eigenvalue weighted by Gasteiger charge is -2.38. The molecule has 1 saturated heterocycles. The lowest BCUT2D eigenvalue weighted by molar-refractivity contribution is -0.127. The number of anilines is 1. The largest absolute Gasteiger partial charge is 0.493 e. The Morgan fingerprint density at radius 1 is 0.805 bits per heavy atom. The normalized spacial score (nSPS) is 21.9. The first-order valence-electron chi connectivity index (χ1n) is 13.7. The molecule has 3 aliphatic rings. The Morgan fingerprint density at radius 2 is 1.41 bits per heavy atom. The Labute approximate surface area is 239 Å². The molecule has 1 aliphatic carbocycles. The fourth-order valence-corrected chi connectivity index (χ4v) is 7.07. The second-order valence-corrected chi connectivity index (χ2v) is 11.8. The molecular formula is C34H33NO6. The molecule has 3 aromatic carbocycles. The van der Waals surface area contributed by atoms with E-state index in [9.17, 15) is 14.4 Å². The molecular weight excluding hydrogens is 518 g/mol. The maximum Gasteiger partial charge on any atom is 0.203 e. The van der Waals surface area contributed by atoms with Crippen molar-refractivity contribution in [3.63, 3.8) is 0 Å². The number of carbonyl (C=O) groups is 3. The van der Waals surface area contributed by atoms with Crippen LogP contribution in [-0.4, -0.2) is 50.8 Å². The number of ketones is 3. The standard InChI is InChI=1S/C34H33NO6/c1-33(2,3)32(38)27-26(22-16-17-24(39-4)29(41-6)28(22)40-5)34(30(36)20-12-8-9-13-21(20)31(34)37)25-18-15-19-11-7-10-14-23(19)35(25)27/h7-18,25-27H,1-6H3. The molecule has 3 unspecified atom stereocenters. The van der Waals surface area contributed by atoms with Gasteiger partial charge in [0, 0.05) is 33.7 Å². The van der Waals surface area contributed by atoms with E-state index in [4.69, 9.17) is 14.2 Å². The molecule has 6 rings (SSSR count). The summed E-state index contributed by atoms with van der Waals surface area (Å²) in [4.78, 5) is 46.2. The number of methoxy groups -OCH3 is 3. The first-order valence-corrected chi connectivity index (χ1v) is 13.7. The van der Waals surface area contributed by atoms with Gasteiger partial charge in [-0.2, -0.15) is 0 Å². The van der Waals surface area contributed by atoms with Gasteiger partial charge in [0.05, 0.1) is 33.4 Å². The van der Waals surface area contributed by atoms with E-state index < -0.39 is 28.8 Å². The van der Waals surface area contributed by atoms with E-state index in [1.165, 1.54) is 21.3 Å². The molecule has 3 atom stereocenters. The van der Waals surface area contributed by atoms with Crippen LogP contribution in [0.5, 0.6) is 17.2 Å². The first kappa shape index (κ1) is 26.8. The van der Waals surface area contributed by atoms with E-state index in [2.05, 4.69) is 0 Å². The monoisotopic (exact) mass is 551 g/mol. The Hall–Kier alpha value is -4.39. The average molecular weight is 552 g/mol. The van der Waals surface area contributed by atoms with Gasteiger partial charge in [0.2, 0.25) is 5.75 Å². The zero-order valence-corrected chi connectivity index (χ0v) is 24.1. The lowest BCUT2D eigenvalue weighted by atomic mass is 9.63. The predicted molar refractivity (Wildman–Crippen MR) is 156 cm³/mol. The average Bonchev–Trinajstić information content (AvgIpc) is 3.41. The lowest BCUT2D eigenvalue weighted by Crippen LogP contribution is -2.49. The molecule has 2 aliphatic heterocycles. The van der Waals surface area contributed by atoms with Crippen LogP contribution in [0, 0.1) is 10.8 Å². The topological polar surface area (TPSA) is 82.1 Å². The van der Waals surface area contributed by atoms with E-state index in [0.29, 0.717) is 33.9 Å². The SMILES string of the molecule is COc1ccc(C2C(C(=O)C(C)(C)C)N3c4ccccc4C=CC3C23C(=O)c2ccccc2C3=O)c(OC)c1OC. The van der Waals surface area contributed by atoms with E-state index in [-0.39, 0.29) is 17.3 Å². The van der Waals surface area contributed by atoms with E-state index in [0.717, 1.165) is 11.3 Å². The molecule has 1 fully saturated rings. The minimum atomic E-state index is -1.62. The smallest absolute Gasteiger partial charge is 0.203 e. The molecule has 2 heterocycles. The summed E-state index contributed by atoms with van der Waals surface area (Å²) in [6.07, 6.45) is 3.87. The number of benzene rings is 3. The van der Waals surface area contributed by atoms with Crippen molar-refractivity contribution in [2.45, 2.75) is 38.8 Å². The number of carbonyl (C=O) groups excluding carboxylic acids is 3.